The molecule has 1 aliphatic heterocycles. The fourth-order valence-electron chi connectivity index (χ4n) is 4.56. The number of halogens is 2. The zero-order valence-electron chi connectivity index (χ0n) is 19.0. The number of hydrogen-bond donors (Lipinski definition) is 1. The van der Waals surface area contributed by atoms with E-state index in [0.717, 1.165) is 41.0 Å². The van der Waals surface area contributed by atoms with Crippen LogP contribution in [0.1, 0.15) is 58.2 Å². The lowest BCUT2D eigenvalue weighted by Gasteiger charge is -2.33. The van der Waals surface area contributed by atoms with Crippen LogP contribution in [0, 0.1) is 32.1 Å². The third-order valence-corrected chi connectivity index (χ3v) is 7.46. The number of amides is 1. The second-order valence-corrected chi connectivity index (χ2v) is 9.61. The van der Waals surface area contributed by atoms with Crippen LogP contribution in [0.25, 0.3) is 5.65 Å². The molecule has 0 aliphatic carbocycles. The van der Waals surface area contributed by atoms with Gasteiger partial charge in [-0.1, -0.05) is 29.1 Å². The highest BCUT2D eigenvalue weighted by atomic mass is 35.5. The molecule has 33 heavy (non-hydrogen) atoms. The van der Waals surface area contributed by atoms with E-state index in [1.807, 2.05) is 30.5 Å². The van der Waals surface area contributed by atoms with Crippen molar-refractivity contribution in [3.63, 3.8) is 0 Å². The van der Waals surface area contributed by atoms with Crippen molar-refractivity contribution in [2.24, 2.45) is 5.92 Å². The molecule has 7 heteroatoms. The van der Waals surface area contributed by atoms with Gasteiger partial charge in [0.2, 0.25) is 0 Å². The normalized spacial score (nSPS) is 15.6. The number of aliphatic hydroxyl groups excluding tert-OH is 1. The van der Waals surface area contributed by atoms with E-state index < -0.39 is 0 Å². The van der Waals surface area contributed by atoms with Crippen molar-refractivity contribution in [3.05, 3.63) is 68.1 Å². The van der Waals surface area contributed by atoms with Gasteiger partial charge in [0.15, 0.2) is 0 Å². The first-order valence-corrected chi connectivity index (χ1v) is 11.9. The van der Waals surface area contributed by atoms with Gasteiger partial charge in [0.05, 0.1) is 22.4 Å². The smallest absolute Gasteiger partial charge is 0.255 e. The van der Waals surface area contributed by atoms with Gasteiger partial charge in [0.25, 0.3) is 5.91 Å². The number of terminal acetylenes is 1. The van der Waals surface area contributed by atoms with Crippen molar-refractivity contribution in [1.29, 1.82) is 0 Å². The summed E-state index contributed by atoms with van der Waals surface area (Å²) in [5, 5.41) is 10.7. The number of rotatable bonds is 4. The van der Waals surface area contributed by atoms with Crippen LogP contribution in [-0.4, -0.2) is 44.5 Å². The Bertz CT molecular complexity index is 1270. The summed E-state index contributed by atoms with van der Waals surface area (Å²) in [7, 11) is 0. The molecular weight excluding hydrogens is 457 g/mol. The van der Waals surface area contributed by atoms with Crippen molar-refractivity contribution in [3.8, 4) is 12.3 Å². The van der Waals surface area contributed by atoms with Crippen LogP contribution >= 0.6 is 23.2 Å². The van der Waals surface area contributed by atoms with Gasteiger partial charge < -0.3 is 14.4 Å². The Morgan fingerprint density at radius 1 is 1.30 bits per heavy atom. The van der Waals surface area contributed by atoms with Gasteiger partial charge in [-0.05, 0) is 68.9 Å². The Labute approximate surface area is 204 Å². The van der Waals surface area contributed by atoms with Gasteiger partial charge in [-0.25, -0.2) is 4.98 Å². The van der Waals surface area contributed by atoms with E-state index in [1.165, 1.54) is 0 Å². The number of fused-ring (bicyclic) bond motifs is 1. The van der Waals surface area contributed by atoms with E-state index in [1.54, 1.807) is 24.0 Å². The predicted molar refractivity (Wildman–Crippen MR) is 132 cm³/mol. The lowest BCUT2D eigenvalue weighted by Crippen LogP contribution is -2.40. The molecular formula is C26H27Cl2N3O2. The number of benzene rings is 1. The highest BCUT2D eigenvalue weighted by Gasteiger charge is 2.28. The zero-order chi connectivity index (χ0) is 23.9. The van der Waals surface area contributed by atoms with Gasteiger partial charge >= 0.3 is 0 Å². The van der Waals surface area contributed by atoms with Gasteiger partial charge in [-0.3, -0.25) is 4.79 Å². The average molecular weight is 484 g/mol. The number of imidazole rings is 1. The summed E-state index contributed by atoms with van der Waals surface area (Å²) in [4.78, 5) is 19.8. The Hall–Kier alpha value is -2.52. The SMILES string of the molecule is C#Cc1cc(C)c2nc(Cc3c(Cl)ccc(C(=O)N4CCC(C(C)O)CC4)c3Cl)c(C)n2c1. The molecule has 1 atom stereocenters. The number of aromatic nitrogens is 2. The van der Waals surface area contributed by atoms with Crippen molar-refractivity contribution >= 4 is 34.8 Å². The standard InChI is InChI=1S/C26H27Cl2N3O2/c1-5-18-12-15(2)25-29-23(16(3)31(25)14-18)13-21-22(27)7-6-20(24(21)28)26(33)30-10-8-19(9-11-30)17(4)32/h1,6-7,12,14,17,19,32H,8-11,13H2,2-4H3. The number of piperidine rings is 1. The summed E-state index contributed by atoms with van der Waals surface area (Å²) >= 11 is 13.3. The average Bonchev–Trinajstić information content (AvgIpc) is 3.12. The Balaban J connectivity index is 1.65. The maximum absolute atomic E-state index is 13.2. The van der Waals surface area contributed by atoms with E-state index in [2.05, 4.69) is 5.92 Å². The van der Waals surface area contributed by atoms with Crippen LogP contribution in [0.2, 0.25) is 10.0 Å². The van der Waals surface area contributed by atoms with Crippen LogP contribution in [0.5, 0.6) is 0 Å². The topological polar surface area (TPSA) is 57.8 Å². The highest BCUT2D eigenvalue weighted by Crippen LogP contribution is 2.33. The number of carbonyl (C=O) groups excluding carboxylic acids is 1. The minimum absolute atomic E-state index is 0.108. The molecule has 1 unspecified atom stereocenters. The maximum Gasteiger partial charge on any atom is 0.255 e. The number of carbonyl (C=O) groups is 1. The van der Waals surface area contributed by atoms with Crippen LogP contribution < -0.4 is 0 Å². The summed E-state index contributed by atoms with van der Waals surface area (Å²) < 4.78 is 1.99. The first-order chi connectivity index (χ1) is 15.7. The Morgan fingerprint density at radius 3 is 2.64 bits per heavy atom. The number of aliphatic hydroxyl groups is 1. The molecule has 5 nitrogen and oxygen atoms in total. The lowest BCUT2D eigenvalue weighted by molar-refractivity contribution is 0.0521. The molecule has 0 bridgehead atoms. The number of pyridine rings is 1. The summed E-state index contributed by atoms with van der Waals surface area (Å²) in [5.41, 5.74) is 5.52. The Kier molecular flexibility index (Phi) is 6.72. The van der Waals surface area contributed by atoms with Crippen LogP contribution in [0.3, 0.4) is 0 Å². The first-order valence-electron chi connectivity index (χ1n) is 11.1. The molecule has 172 valence electrons. The molecule has 1 N–H and O–H groups in total. The van der Waals surface area contributed by atoms with Crippen LogP contribution in [0.4, 0.5) is 0 Å². The maximum atomic E-state index is 13.2. The number of aryl methyl sites for hydroxylation is 2. The molecule has 4 rings (SSSR count). The van der Waals surface area contributed by atoms with Crippen molar-refractivity contribution in [2.75, 3.05) is 13.1 Å². The molecule has 0 saturated carbocycles. The molecule has 1 aliphatic rings. The second-order valence-electron chi connectivity index (χ2n) is 8.83. The summed E-state index contributed by atoms with van der Waals surface area (Å²) in [6, 6.07) is 5.36. The van der Waals surface area contributed by atoms with Crippen LogP contribution in [0.15, 0.2) is 24.4 Å². The highest BCUT2D eigenvalue weighted by molar-refractivity contribution is 6.38. The molecule has 0 radical (unpaired) electrons. The van der Waals surface area contributed by atoms with Gasteiger partial charge in [-0.2, -0.15) is 0 Å². The predicted octanol–water partition coefficient (Wildman–Crippen LogP) is 5.06. The fraction of sp³-hybridized carbons (Fsp3) is 0.385. The van der Waals surface area contributed by atoms with E-state index in [4.69, 9.17) is 34.6 Å². The molecule has 0 spiro atoms. The summed E-state index contributed by atoms with van der Waals surface area (Å²) in [5.74, 6) is 2.79. The summed E-state index contributed by atoms with van der Waals surface area (Å²) in [6.07, 6.45) is 9.09. The third kappa shape index (κ3) is 4.48. The molecule has 3 heterocycles. The zero-order valence-corrected chi connectivity index (χ0v) is 20.5. The first kappa shape index (κ1) is 23.6. The number of likely N-dealkylation sites (tertiary alicyclic amines) is 1. The van der Waals surface area contributed by atoms with Gasteiger partial charge in [0, 0.05) is 42.0 Å². The van der Waals surface area contributed by atoms with Crippen molar-refractivity contribution < 1.29 is 9.90 Å². The fourth-order valence-corrected chi connectivity index (χ4v) is 5.15. The van der Waals surface area contributed by atoms with E-state index in [9.17, 15) is 9.90 Å². The van der Waals surface area contributed by atoms with Crippen molar-refractivity contribution in [1.82, 2.24) is 14.3 Å². The summed E-state index contributed by atoms with van der Waals surface area (Å²) in [6.45, 7) is 6.97. The van der Waals surface area contributed by atoms with E-state index in [0.29, 0.717) is 40.7 Å². The minimum atomic E-state index is -0.359. The minimum Gasteiger partial charge on any atom is -0.393 e. The number of nitrogens with zero attached hydrogens (tertiary/aromatic N) is 3. The largest absolute Gasteiger partial charge is 0.393 e. The Morgan fingerprint density at radius 2 is 2.00 bits per heavy atom. The molecule has 1 aromatic carbocycles. The third-order valence-electron chi connectivity index (χ3n) is 6.68. The molecule has 1 fully saturated rings. The van der Waals surface area contributed by atoms with Gasteiger partial charge in [0.1, 0.15) is 5.65 Å². The van der Waals surface area contributed by atoms with E-state index >= 15 is 0 Å². The molecule has 1 saturated heterocycles. The van der Waals surface area contributed by atoms with Crippen molar-refractivity contribution in [2.45, 2.75) is 46.1 Å². The van der Waals surface area contributed by atoms with Gasteiger partial charge in [-0.15, -0.1) is 6.42 Å². The number of hydrogen-bond acceptors (Lipinski definition) is 3. The van der Waals surface area contributed by atoms with E-state index in [-0.39, 0.29) is 17.9 Å². The quantitative estimate of drug-likeness (QED) is 0.527. The molecule has 1 amide bonds. The monoisotopic (exact) mass is 483 g/mol. The lowest BCUT2D eigenvalue weighted by atomic mass is 9.92. The molecule has 2 aromatic heterocycles. The second kappa shape index (κ2) is 9.38. The molecule has 3 aromatic rings. The van der Waals surface area contributed by atoms with Crippen LogP contribution in [-0.2, 0) is 6.42 Å².